The molecule has 0 aliphatic heterocycles. The number of methoxy groups -OCH3 is 3. The van der Waals surface area contributed by atoms with Gasteiger partial charge in [0.15, 0.2) is 23.0 Å². The van der Waals surface area contributed by atoms with E-state index in [1.165, 1.54) is 14.2 Å². The van der Waals surface area contributed by atoms with Crippen LogP contribution in [0.5, 0.6) is 28.7 Å². The Hall–Kier alpha value is -3.31. The van der Waals surface area contributed by atoms with Gasteiger partial charge in [0, 0.05) is 5.69 Å². The van der Waals surface area contributed by atoms with Gasteiger partial charge in [-0.25, -0.2) is 4.57 Å². The van der Waals surface area contributed by atoms with Gasteiger partial charge in [-0.1, -0.05) is 24.3 Å². The fraction of sp³-hybridized carbons (Fsp3) is 0.143. The van der Waals surface area contributed by atoms with E-state index >= 15 is 0 Å². The minimum atomic E-state index is -3.94. The Morgan fingerprint density at radius 2 is 1.07 bits per heavy atom. The molecule has 0 atom stereocenters. The maximum absolute atomic E-state index is 13.7. The molecule has 0 saturated heterocycles. The van der Waals surface area contributed by atoms with Crippen LogP contribution in [0.1, 0.15) is 0 Å². The lowest BCUT2D eigenvalue weighted by atomic mass is 10.3. The molecular formula is C21H22NO6P. The van der Waals surface area contributed by atoms with Crippen molar-refractivity contribution in [1.29, 1.82) is 0 Å². The van der Waals surface area contributed by atoms with E-state index in [4.69, 9.17) is 23.3 Å². The van der Waals surface area contributed by atoms with E-state index in [1.807, 2.05) is 0 Å². The summed E-state index contributed by atoms with van der Waals surface area (Å²) in [6, 6.07) is 20.7. The summed E-state index contributed by atoms with van der Waals surface area (Å²) in [6.45, 7) is 0. The van der Waals surface area contributed by atoms with Crippen LogP contribution in [0.3, 0.4) is 0 Å². The van der Waals surface area contributed by atoms with Crippen molar-refractivity contribution in [2.75, 3.05) is 26.4 Å². The van der Waals surface area contributed by atoms with Crippen molar-refractivity contribution in [1.82, 2.24) is 0 Å². The quantitative estimate of drug-likeness (QED) is 0.470. The molecule has 3 aromatic rings. The Labute approximate surface area is 169 Å². The lowest BCUT2D eigenvalue weighted by molar-refractivity contribution is 0.350. The molecule has 152 valence electrons. The summed E-state index contributed by atoms with van der Waals surface area (Å²) < 4.78 is 41.1. The minimum Gasteiger partial charge on any atom is -0.497 e. The average Bonchev–Trinajstić information content (AvgIpc) is 2.75. The highest BCUT2D eigenvalue weighted by Gasteiger charge is 2.31. The molecule has 0 unspecified atom stereocenters. The molecule has 0 saturated carbocycles. The normalized spacial score (nSPS) is 10.7. The van der Waals surface area contributed by atoms with Crippen LogP contribution in [0, 0.1) is 0 Å². The van der Waals surface area contributed by atoms with Crippen LogP contribution in [0.15, 0.2) is 72.8 Å². The molecule has 8 heteroatoms. The fourth-order valence-electron chi connectivity index (χ4n) is 2.54. The zero-order chi connectivity index (χ0) is 20.7. The first-order chi connectivity index (χ1) is 14.1. The second kappa shape index (κ2) is 9.26. The highest BCUT2D eigenvalue weighted by Crippen LogP contribution is 2.51. The molecule has 0 spiro atoms. The van der Waals surface area contributed by atoms with E-state index < -0.39 is 7.75 Å². The number of hydrogen-bond donors (Lipinski definition) is 1. The average molecular weight is 415 g/mol. The number of hydrogen-bond acceptors (Lipinski definition) is 6. The van der Waals surface area contributed by atoms with Gasteiger partial charge in [0.05, 0.1) is 21.3 Å². The van der Waals surface area contributed by atoms with Crippen LogP contribution in [0.25, 0.3) is 0 Å². The van der Waals surface area contributed by atoms with E-state index in [2.05, 4.69) is 5.09 Å². The number of rotatable bonds is 9. The molecule has 0 fully saturated rings. The van der Waals surface area contributed by atoms with Crippen LogP contribution in [0.2, 0.25) is 0 Å². The van der Waals surface area contributed by atoms with Crippen molar-refractivity contribution < 1.29 is 27.8 Å². The molecule has 0 bridgehead atoms. The third-order valence-electron chi connectivity index (χ3n) is 3.93. The van der Waals surface area contributed by atoms with Gasteiger partial charge in [0.2, 0.25) is 0 Å². The zero-order valence-corrected chi connectivity index (χ0v) is 17.2. The van der Waals surface area contributed by atoms with Gasteiger partial charge in [-0.05, 0) is 48.5 Å². The van der Waals surface area contributed by atoms with Crippen LogP contribution in [-0.4, -0.2) is 21.3 Å². The fourth-order valence-corrected chi connectivity index (χ4v) is 3.95. The van der Waals surface area contributed by atoms with Crippen molar-refractivity contribution in [3.05, 3.63) is 72.8 Å². The molecule has 3 aromatic carbocycles. The Bertz CT molecular complexity index is 939. The zero-order valence-electron chi connectivity index (χ0n) is 16.3. The molecule has 0 aliphatic carbocycles. The number of para-hydroxylation sites is 4. The molecule has 0 aliphatic rings. The predicted molar refractivity (Wildman–Crippen MR) is 111 cm³/mol. The standard InChI is InChI=1S/C21H22NO6P/c1-24-17-14-12-16(13-15-17)22-29(23,27-20-10-6-4-8-18(20)25-2)28-21-11-7-5-9-19(21)26-3/h4-15H,1-3H3,(H,22,23). The minimum absolute atomic E-state index is 0.272. The van der Waals surface area contributed by atoms with Crippen molar-refractivity contribution in [2.45, 2.75) is 0 Å². The number of ether oxygens (including phenoxy) is 3. The third kappa shape index (κ3) is 5.15. The molecule has 0 aromatic heterocycles. The molecule has 3 rings (SSSR count). The summed E-state index contributed by atoms with van der Waals surface area (Å²) in [5, 5.41) is 2.85. The van der Waals surface area contributed by atoms with Crippen molar-refractivity contribution in [3.8, 4) is 28.7 Å². The van der Waals surface area contributed by atoms with E-state index in [0.29, 0.717) is 22.9 Å². The largest absolute Gasteiger partial charge is 0.541 e. The number of benzene rings is 3. The molecule has 7 nitrogen and oxygen atoms in total. The molecular weight excluding hydrogens is 393 g/mol. The topological polar surface area (TPSA) is 75.3 Å². The van der Waals surface area contributed by atoms with Gasteiger partial charge in [0.25, 0.3) is 0 Å². The van der Waals surface area contributed by atoms with Crippen LogP contribution >= 0.6 is 7.75 Å². The summed E-state index contributed by atoms with van der Waals surface area (Å²) in [6.07, 6.45) is 0. The van der Waals surface area contributed by atoms with E-state index in [-0.39, 0.29) is 11.5 Å². The van der Waals surface area contributed by atoms with Crippen molar-refractivity contribution in [2.24, 2.45) is 0 Å². The smallest absolute Gasteiger partial charge is 0.497 e. The van der Waals surface area contributed by atoms with Gasteiger partial charge in [-0.2, -0.15) is 0 Å². The first kappa shape index (κ1) is 20.4. The monoisotopic (exact) mass is 415 g/mol. The van der Waals surface area contributed by atoms with Crippen LogP contribution in [-0.2, 0) is 4.57 Å². The summed E-state index contributed by atoms with van der Waals surface area (Å²) >= 11 is 0. The second-order valence-corrected chi connectivity index (χ2v) is 7.41. The Kier molecular flexibility index (Phi) is 6.52. The lowest BCUT2D eigenvalue weighted by Crippen LogP contribution is -2.11. The van der Waals surface area contributed by atoms with Crippen LogP contribution in [0.4, 0.5) is 5.69 Å². The highest BCUT2D eigenvalue weighted by atomic mass is 31.2. The molecule has 1 N–H and O–H groups in total. The van der Waals surface area contributed by atoms with E-state index in [0.717, 1.165) is 0 Å². The first-order valence-electron chi connectivity index (χ1n) is 8.74. The Balaban J connectivity index is 1.96. The molecule has 0 amide bonds. The number of anilines is 1. The first-order valence-corrected chi connectivity index (χ1v) is 10.3. The SMILES string of the molecule is COc1ccc(NP(=O)(Oc2ccccc2OC)Oc2ccccc2OC)cc1. The lowest BCUT2D eigenvalue weighted by Gasteiger charge is -2.22. The summed E-state index contributed by atoms with van der Waals surface area (Å²) in [7, 11) is 0.643. The maximum Gasteiger partial charge on any atom is 0.541 e. The van der Waals surface area contributed by atoms with Crippen molar-refractivity contribution >= 4 is 13.4 Å². The van der Waals surface area contributed by atoms with Gasteiger partial charge in [-0.3, -0.25) is 5.09 Å². The molecule has 0 heterocycles. The summed E-state index contributed by atoms with van der Waals surface area (Å²) in [4.78, 5) is 0. The summed E-state index contributed by atoms with van der Waals surface area (Å²) in [5.41, 5.74) is 0.527. The molecule has 0 radical (unpaired) electrons. The van der Waals surface area contributed by atoms with Crippen molar-refractivity contribution in [3.63, 3.8) is 0 Å². The Morgan fingerprint density at radius 3 is 1.48 bits per heavy atom. The predicted octanol–water partition coefficient (Wildman–Crippen LogP) is 5.39. The van der Waals surface area contributed by atoms with Gasteiger partial charge >= 0.3 is 7.75 Å². The number of nitrogens with one attached hydrogen (secondary N) is 1. The van der Waals surface area contributed by atoms with E-state index in [9.17, 15) is 4.57 Å². The molecule has 29 heavy (non-hydrogen) atoms. The van der Waals surface area contributed by atoms with Gasteiger partial charge in [0.1, 0.15) is 5.75 Å². The van der Waals surface area contributed by atoms with E-state index in [1.54, 1.807) is 79.9 Å². The summed E-state index contributed by atoms with van der Waals surface area (Å²) in [5.74, 6) is 2.06. The van der Waals surface area contributed by atoms with Crippen LogP contribution < -0.4 is 28.3 Å². The highest BCUT2D eigenvalue weighted by molar-refractivity contribution is 7.56. The van der Waals surface area contributed by atoms with Gasteiger partial charge in [-0.15, -0.1) is 0 Å². The third-order valence-corrected chi connectivity index (χ3v) is 5.34. The Morgan fingerprint density at radius 1 is 0.621 bits per heavy atom. The maximum atomic E-state index is 13.7. The second-order valence-electron chi connectivity index (χ2n) is 5.82. The van der Waals surface area contributed by atoms with Gasteiger partial charge < -0.3 is 23.3 Å².